The Morgan fingerprint density at radius 1 is 1.26 bits per heavy atom. The van der Waals surface area contributed by atoms with Gasteiger partial charge in [0.2, 0.25) is 0 Å². The number of aryl methyl sites for hydroxylation is 2. The Bertz CT molecular complexity index is 1140. The van der Waals surface area contributed by atoms with E-state index in [4.69, 9.17) is 0 Å². The molecule has 0 bridgehead atoms. The molecule has 3 rings (SSSR count). The van der Waals surface area contributed by atoms with Crippen LogP contribution in [-0.4, -0.2) is 32.7 Å². The van der Waals surface area contributed by atoms with Crippen LogP contribution in [0.4, 0.5) is 13.2 Å². The number of hydrogen-bond donors (Lipinski definition) is 2. The van der Waals surface area contributed by atoms with Gasteiger partial charge < -0.3 is 19.4 Å². The molecule has 164 valence electrons. The molecular weight excluding hydrogens is 415 g/mol. The van der Waals surface area contributed by atoms with Crippen LogP contribution < -0.4 is 5.56 Å². The number of aromatic nitrogens is 3. The number of methoxy groups -OCH3 is 1. The van der Waals surface area contributed by atoms with Gasteiger partial charge in [0, 0.05) is 36.5 Å². The van der Waals surface area contributed by atoms with Crippen molar-refractivity contribution in [3.63, 3.8) is 0 Å². The molecule has 3 aromatic rings. The van der Waals surface area contributed by atoms with Crippen LogP contribution in [0.15, 0.2) is 35.5 Å². The van der Waals surface area contributed by atoms with Gasteiger partial charge in [0.25, 0.3) is 5.56 Å². The Morgan fingerprint density at radius 3 is 2.52 bits per heavy atom. The molecule has 1 atom stereocenters. The minimum absolute atomic E-state index is 0.182. The Labute approximate surface area is 175 Å². The molecule has 10 heteroatoms. The Hall–Kier alpha value is -3.56. The van der Waals surface area contributed by atoms with Crippen LogP contribution in [0.2, 0.25) is 0 Å². The minimum Gasteiger partial charge on any atom is -0.507 e. The van der Waals surface area contributed by atoms with Crippen molar-refractivity contribution in [2.75, 3.05) is 7.11 Å². The van der Waals surface area contributed by atoms with E-state index in [1.807, 2.05) is 0 Å². The highest BCUT2D eigenvalue weighted by molar-refractivity contribution is 5.71. The monoisotopic (exact) mass is 435 g/mol. The number of nitrogens with one attached hydrogen (secondary N) is 1. The SMILES string of the molecule is COC(=O)C[C@@H](c1cc(F)c(F)c(F)c1)c1c(O)cc(C)n(CCc2cnc[nH]2)c1=O. The maximum Gasteiger partial charge on any atom is 0.306 e. The predicted molar refractivity (Wildman–Crippen MR) is 104 cm³/mol. The van der Waals surface area contributed by atoms with Crippen LogP contribution in [0.3, 0.4) is 0 Å². The van der Waals surface area contributed by atoms with Gasteiger partial charge in [0.1, 0.15) is 5.75 Å². The lowest BCUT2D eigenvalue weighted by atomic mass is 9.88. The topological polar surface area (TPSA) is 97.2 Å². The highest BCUT2D eigenvalue weighted by Crippen LogP contribution is 2.33. The summed E-state index contributed by atoms with van der Waals surface area (Å²) < 4.78 is 47.2. The van der Waals surface area contributed by atoms with Crippen molar-refractivity contribution in [3.05, 3.63) is 81.0 Å². The fraction of sp³-hybridized carbons (Fsp3) is 0.286. The highest BCUT2D eigenvalue weighted by atomic mass is 19.2. The number of carbonyl (C=O) groups is 1. The summed E-state index contributed by atoms with van der Waals surface area (Å²) in [7, 11) is 1.11. The molecule has 2 N–H and O–H groups in total. The Kier molecular flexibility index (Phi) is 6.47. The van der Waals surface area contributed by atoms with Crippen LogP contribution >= 0.6 is 0 Å². The molecule has 31 heavy (non-hydrogen) atoms. The molecule has 0 aliphatic heterocycles. The average molecular weight is 435 g/mol. The van der Waals surface area contributed by atoms with E-state index >= 15 is 0 Å². The molecule has 0 amide bonds. The number of hydrogen-bond acceptors (Lipinski definition) is 5. The minimum atomic E-state index is -1.68. The van der Waals surface area contributed by atoms with E-state index in [2.05, 4.69) is 14.7 Å². The second kappa shape index (κ2) is 9.07. The van der Waals surface area contributed by atoms with Crippen LogP contribution in [0.5, 0.6) is 5.75 Å². The van der Waals surface area contributed by atoms with Crippen molar-refractivity contribution in [1.82, 2.24) is 14.5 Å². The zero-order valence-electron chi connectivity index (χ0n) is 16.8. The number of esters is 1. The predicted octanol–water partition coefficient (Wildman–Crippen LogP) is 2.94. The van der Waals surface area contributed by atoms with E-state index in [-0.39, 0.29) is 17.7 Å². The van der Waals surface area contributed by atoms with Crippen molar-refractivity contribution in [3.8, 4) is 5.75 Å². The quantitative estimate of drug-likeness (QED) is 0.439. The van der Waals surface area contributed by atoms with Gasteiger partial charge in [-0.25, -0.2) is 18.2 Å². The first-order chi connectivity index (χ1) is 14.7. The summed E-state index contributed by atoms with van der Waals surface area (Å²) in [5.41, 5.74) is 0.147. The van der Waals surface area contributed by atoms with Gasteiger partial charge in [0.15, 0.2) is 17.5 Å². The number of aromatic hydroxyl groups is 1. The van der Waals surface area contributed by atoms with Gasteiger partial charge >= 0.3 is 5.97 Å². The molecule has 0 spiro atoms. The number of rotatable bonds is 7. The number of imidazole rings is 1. The lowest BCUT2D eigenvalue weighted by Gasteiger charge is -2.20. The standard InChI is InChI=1S/C21H20F3N3O4/c1-11-5-17(28)19(21(30)27(11)4-3-13-9-25-10-26-13)14(8-18(29)31-2)12-6-15(22)20(24)16(23)7-12/h5-7,9-10,14,28H,3-4,8H2,1-2H3,(H,25,26)/t14-/m0/s1. The molecule has 0 unspecified atom stereocenters. The lowest BCUT2D eigenvalue weighted by molar-refractivity contribution is -0.140. The highest BCUT2D eigenvalue weighted by Gasteiger charge is 2.28. The van der Waals surface area contributed by atoms with E-state index < -0.39 is 47.1 Å². The molecule has 0 aliphatic carbocycles. The van der Waals surface area contributed by atoms with Crippen molar-refractivity contribution in [2.24, 2.45) is 0 Å². The van der Waals surface area contributed by atoms with Crippen molar-refractivity contribution in [1.29, 1.82) is 0 Å². The molecule has 1 aromatic carbocycles. The summed E-state index contributed by atoms with van der Waals surface area (Å²) in [5.74, 6) is -7.11. The van der Waals surface area contributed by atoms with E-state index in [9.17, 15) is 27.9 Å². The molecule has 0 radical (unpaired) electrons. The summed E-state index contributed by atoms with van der Waals surface area (Å²) in [4.78, 5) is 32.1. The van der Waals surface area contributed by atoms with Gasteiger partial charge in [-0.05, 0) is 30.7 Å². The van der Waals surface area contributed by atoms with Crippen LogP contribution in [0.25, 0.3) is 0 Å². The molecule has 0 saturated carbocycles. The maximum atomic E-state index is 13.9. The van der Waals surface area contributed by atoms with Gasteiger partial charge in [0.05, 0.1) is 25.4 Å². The first-order valence-electron chi connectivity index (χ1n) is 9.34. The summed E-state index contributed by atoms with van der Waals surface area (Å²) in [6, 6.07) is 2.71. The third-order valence-electron chi connectivity index (χ3n) is 5.04. The first-order valence-corrected chi connectivity index (χ1v) is 9.34. The maximum absolute atomic E-state index is 13.9. The second-order valence-corrected chi connectivity index (χ2v) is 7.00. The number of nitrogens with zero attached hydrogens (tertiary/aromatic N) is 2. The van der Waals surface area contributed by atoms with Gasteiger partial charge in [-0.2, -0.15) is 0 Å². The van der Waals surface area contributed by atoms with Crippen molar-refractivity contribution in [2.45, 2.75) is 32.2 Å². The number of halogens is 3. The molecule has 2 heterocycles. The summed E-state index contributed by atoms with van der Waals surface area (Å²) in [6.45, 7) is 1.83. The smallest absolute Gasteiger partial charge is 0.306 e. The van der Waals surface area contributed by atoms with Gasteiger partial charge in [-0.15, -0.1) is 0 Å². The number of H-pyrrole nitrogens is 1. The number of pyridine rings is 1. The molecule has 0 saturated heterocycles. The van der Waals surface area contributed by atoms with E-state index in [0.29, 0.717) is 24.2 Å². The fourth-order valence-corrected chi connectivity index (χ4v) is 3.44. The van der Waals surface area contributed by atoms with Crippen molar-refractivity contribution >= 4 is 5.97 Å². The molecule has 7 nitrogen and oxygen atoms in total. The normalized spacial score (nSPS) is 12.0. The van der Waals surface area contributed by atoms with E-state index in [1.54, 1.807) is 13.1 Å². The molecule has 0 fully saturated rings. The third kappa shape index (κ3) is 4.62. The zero-order valence-corrected chi connectivity index (χ0v) is 16.8. The van der Waals surface area contributed by atoms with E-state index in [1.165, 1.54) is 17.0 Å². The first kappa shape index (κ1) is 22.1. The number of carbonyl (C=O) groups excluding carboxylic acids is 1. The number of aromatic amines is 1. The Morgan fingerprint density at radius 2 is 1.94 bits per heavy atom. The molecule has 2 aromatic heterocycles. The molecular formula is C21H20F3N3O4. The van der Waals surface area contributed by atoms with Crippen LogP contribution in [0.1, 0.15) is 34.9 Å². The summed E-state index contributed by atoms with van der Waals surface area (Å²) >= 11 is 0. The van der Waals surface area contributed by atoms with Gasteiger partial charge in [-0.1, -0.05) is 0 Å². The van der Waals surface area contributed by atoms with E-state index in [0.717, 1.165) is 12.8 Å². The van der Waals surface area contributed by atoms with Gasteiger partial charge in [-0.3, -0.25) is 9.59 Å². The fourth-order valence-electron chi connectivity index (χ4n) is 3.44. The van der Waals surface area contributed by atoms with Crippen LogP contribution in [0, 0.1) is 24.4 Å². The van der Waals surface area contributed by atoms with Crippen LogP contribution in [-0.2, 0) is 22.5 Å². The number of benzene rings is 1. The molecule has 0 aliphatic rings. The lowest BCUT2D eigenvalue weighted by Crippen LogP contribution is -2.29. The largest absolute Gasteiger partial charge is 0.507 e. The Balaban J connectivity index is 2.13. The average Bonchev–Trinajstić information content (AvgIpc) is 3.23. The number of ether oxygens (including phenoxy) is 1. The zero-order chi connectivity index (χ0) is 22.7. The summed E-state index contributed by atoms with van der Waals surface area (Å²) in [6.07, 6.45) is 3.03. The summed E-state index contributed by atoms with van der Waals surface area (Å²) in [5, 5.41) is 10.5. The second-order valence-electron chi connectivity index (χ2n) is 7.00. The third-order valence-corrected chi connectivity index (χ3v) is 5.04. The van der Waals surface area contributed by atoms with Crippen molar-refractivity contribution < 1.29 is 27.8 Å².